The lowest BCUT2D eigenvalue weighted by Crippen LogP contribution is -2.41. The number of methoxy groups -OCH3 is 2. The number of rotatable bonds is 4. The molecule has 10 heteroatoms. The second-order valence-electron chi connectivity index (χ2n) is 6.19. The Labute approximate surface area is 174 Å². The number of carbonyl (C=O) groups is 2. The summed E-state index contributed by atoms with van der Waals surface area (Å²) in [4.78, 5) is 37.4. The van der Waals surface area contributed by atoms with E-state index < -0.39 is 23.4 Å². The molecule has 2 aromatic rings. The van der Waals surface area contributed by atoms with Gasteiger partial charge >= 0.3 is 5.97 Å². The van der Waals surface area contributed by atoms with Gasteiger partial charge in [0.05, 0.1) is 37.4 Å². The lowest BCUT2D eigenvalue weighted by atomic mass is 9.83. The number of amides is 1. The van der Waals surface area contributed by atoms with Crippen molar-refractivity contribution in [1.82, 2.24) is 9.88 Å². The summed E-state index contributed by atoms with van der Waals surface area (Å²) in [5.41, 5.74) is 6.44. The van der Waals surface area contributed by atoms with Gasteiger partial charge in [-0.1, -0.05) is 12.1 Å². The molecule has 1 aliphatic heterocycles. The lowest BCUT2D eigenvalue weighted by molar-refractivity contribution is -0.133. The quantitative estimate of drug-likeness (QED) is 0.612. The molecule has 0 spiro atoms. The molecular weight excluding hydrogens is 408 g/mol. The van der Waals surface area contributed by atoms with Gasteiger partial charge in [-0.25, -0.2) is 4.79 Å². The molecule has 0 saturated carbocycles. The molecule has 1 amide bonds. The first-order valence-electron chi connectivity index (χ1n) is 8.69. The van der Waals surface area contributed by atoms with Crippen LogP contribution < -0.4 is 30.5 Å². The zero-order valence-corrected chi connectivity index (χ0v) is 17.2. The third kappa shape index (κ3) is 3.35. The minimum absolute atomic E-state index is 0.0360. The SMILES string of the molecule is CNC(=O)C1=c2s/c(=C\C(=O)OC)c(=O)n2C(N)=C(C#N)[C@H]1c1ccc(OC)cc1. The Hall–Kier alpha value is -3.84. The van der Waals surface area contributed by atoms with Gasteiger partial charge in [0.2, 0.25) is 0 Å². The number of hydrogen-bond acceptors (Lipinski definition) is 8. The molecule has 2 heterocycles. The molecule has 1 aromatic carbocycles. The molecule has 0 fully saturated rings. The molecule has 0 aliphatic carbocycles. The van der Waals surface area contributed by atoms with Crippen molar-refractivity contribution in [2.75, 3.05) is 21.3 Å². The summed E-state index contributed by atoms with van der Waals surface area (Å²) in [6.45, 7) is 0. The minimum Gasteiger partial charge on any atom is -0.497 e. The summed E-state index contributed by atoms with van der Waals surface area (Å²) < 4.78 is 11.1. The zero-order valence-electron chi connectivity index (χ0n) is 16.4. The Balaban J connectivity index is 2.44. The van der Waals surface area contributed by atoms with Crippen LogP contribution in [0.1, 0.15) is 11.5 Å². The number of nitrogens with one attached hydrogen (secondary N) is 1. The molecule has 3 rings (SSSR count). The van der Waals surface area contributed by atoms with E-state index in [0.29, 0.717) is 11.3 Å². The van der Waals surface area contributed by atoms with Crippen LogP contribution in [0.4, 0.5) is 0 Å². The fraction of sp³-hybridized carbons (Fsp3) is 0.200. The Bertz CT molecular complexity index is 1280. The van der Waals surface area contributed by atoms with Gasteiger partial charge in [-0.2, -0.15) is 5.26 Å². The molecule has 1 aromatic heterocycles. The minimum atomic E-state index is -0.801. The van der Waals surface area contributed by atoms with Crippen molar-refractivity contribution in [3.05, 3.63) is 55.0 Å². The fourth-order valence-corrected chi connectivity index (χ4v) is 4.33. The van der Waals surface area contributed by atoms with Gasteiger partial charge in [0.1, 0.15) is 20.8 Å². The van der Waals surface area contributed by atoms with E-state index in [4.69, 9.17) is 10.5 Å². The van der Waals surface area contributed by atoms with Crippen LogP contribution in [0.25, 0.3) is 17.5 Å². The highest BCUT2D eigenvalue weighted by atomic mass is 32.1. The molecule has 0 unspecified atom stereocenters. The summed E-state index contributed by atoms with van der Waals surface area (Å²) in [5, 5.41) is 12.4. The second-order valence-corrected chi connectivity index (χ2v) is 7.22. The Morgan fingerprint density at radius 1 is 1.30 bits per heavy atom. The predicted octanol–water partition coefficient (Wildman–Crippen LogP) is -0.783. The van der Waals surface area contributed by atoms with E-state index in [1.165, 1.54) is 21.3 Å². The van der Waals surface area contributed by atoms with E-state index in [1.807, 2.05) is 6.07 Å². The molecule has 154 valence electrons. The van der Waals surface area contributed by atoms with Crippen LogP contribution in [0.2, 0.25) is 0 Å². The number of carbonyl (C=O) groups excluding carboxylic acids is 2. The monoisotopic (exact) mass is 426 g/mol. The largest absolute Gasteiger partial charge is 0.497 e. The summed E-state index contributed by atoms with van der Waals surface area (Å²) in [6, 6.07) is 8.88. The molecule has 1 aliphatic rings. The average Bonchev–Trinajstić information content (AvgIpc) is 3.08. The van der Waals surface area contributed by atoms with Crippen LogP contribution in [-0.4, -0.2) is 37.7 Å². The first-order valence-corrected chi connectivity index (χ1v) is 9.51. The highest BCUT2D eigenvalue weighted by Crippen LogP contribution is 2.36. The van der Waals surface area contributed by atoms with Gasteiger partial charge in [0.25, 0.3) is 11.5 Å². The van der Waals surface area contributed by atoms with Gasteiger partial charge in [-0.05, 0) is 17.7 Å². The first-order chi connectivity index (χ1) is 14.4. The average molecular weight is 426 g/mol. The van der Waals surface area contributed by atoms with Crippen LogP contribution >= 0.6 is 11.3 Å². The third-order valence-electron chi connectivity index (χ3n) is 4.64. The van der Waals surface area contributed by atoms with Crippen molar-refractivity contribution in [2.24, 2.45) is 5.73 Å². The van der Waals surface area contributed by atoms with Gasteiger partial charge in [0.15, 0.2) is 0 Å². The summed E-state index contributed by atoms with van der Waals surface area (Å²) in [5.74, 6) is -1.48. The van der Waals surface area contributed by atoms with Crippen molar-refractivity contribution in [1.29, 1.82) is 5.26 Å². The Morgan fingerprint density at radius 2 is 1.97 bits per heavy atom. The van der Waals surface area contributed by atoms with E-state index in [9.17, 15) is 19.6 Å². The lowest BCUT2D eigenvalue weighted by Gasteiger charge is -2.25. The number of ether oxygens (including phenoxy) is 2. The van der Waals surface area contributed by atoms with Crippen LogP contribution in [0.3, 0.4) is 0 Å². The Kier molecular flexibility index (Phi) is 5.75. The molecule has 0 bridgehead atoms. The second kappa shape index (κ2) is 8.26. The van der Waals surface area contributed by atoms with Crippen molar-refractivity contribution >= 4 is 40.7 Å². The van der Waals surface area contributed by atoms with Crippen molar-refractivity contribution < 1.29 is 19.1 Å². The summed E-state index contributed by atoms with van der Waals surface area (Å²) >= 11 is 0.928. The summed E-state index contributed by atoms with van der Waals surface area (Å²) in [6.07, 6.45) is 1.03. The van der Waals surface area contributed by atoms with Crippen molar-refractivity contribution in [3.63, 3.8) is 0 Å². The van der Waals surface area contributed by atoms with Crippen LogP contribution in [-0.2, 0) is 14.3 Å². The van der Waals surface area contributed by atoms with E-state index in [2.05, 4.69) is 10.1 Å². The molecular formula is C20H18N4O5S. The molecule has 1 atom stereocenters. The maximum Gasteiger partial charge on any atom is 0.332 e. The smallest absolute Gasteiger partial charge is 0.332 e. The number of nitriles is 1. The van der Waals surface area contributed by atoms with Crippen molar-refractivity contribution in [3.8, 4) is 11.8 Å². The number of allylic oxidation sites excluding steroid dienone is 1. The number of hydrogen-bond donors (Lipinski definition) is 2. The van der Waals surface area contributed by atoms with Crippen LogP contribution in [0.15, 0.2) is 34.6 Å². The molecule has 0 saturated heterocycles. The Morgan fingerprint density at radius 3 is 2.50 bits per heavy atom. The number of nitrogens with two attached hydrogens (primary N) is 1. The normalized spacial score (nSPS) is 16.0. The van der Waals surface area contributed by atoms with Gasteiger partial charge in [0, 0.05) is 13.1 Å². The maximum absolute atomic E-state index is 12.9. The van der Waals surface area contributed by atoms with Crippen LogP contribution in [0, 0.1) is 11.3 Å². The number of fused-ring (bicyclic) bond motifs is 1. The fourth-order valence-electron chi connectivity index (χ4n) is 3.20. The van der Waals surface area contributed by atoms with E-state index >= 15 is 0 Å². The number of thiazole rings is 1. The summed E-state index contributed by atoms with van der Waals surface area (Å²) in [7, 11) is 4.17. The van der Waals surface area contributed by atoms with E-state index in [1.54, 1.807) is 24.3 Å². The molecule has 0 radical (unpaired) electrons. The number of benzene rings is 1. The zero-order chi connectivity index (χ0) is 22.0. The van der Waals surface area contributed by atoms with Gasteiger partial charge in [-0.3, -0.25) is 14.2 Å². The molecule has 9 nitrogen and oxygen atoms in total. The first kappa shape index (κ1) is 20.9. The van der Waals surface area contributed by atoms with E-state index in [-0.39, 0.29) is 26.2 Å². The highest BCUT2D eigenvalue weighted by molar-refractivity contribution is 7.07. The predicted molar refractivity (Wildman–Crippen MR) is 111 cm³/mol. The van der Waals surface area contributed by atoms with E-state index in [0.717, 1.165) is 22.0 Å². The third-order valence-corrected chi connectivity index (χ3v) is 5.75. The topological polar surface area (TPSA) is 136 Å². The highest BCUT2D eigenvalue weighted by Gasteiger charge is 2.35. The van der Waals surface area contributed by atoms with Crippen molar-refractivity contribution in [2.45, 2.75) is 5.92 Å². The standard InChI is InChI=1S/C20H18N4O5S/c1-23-18(26)16-15(10-4-6-11(28-2)7-5-10)12(9-21)17(22)24-19(27)13(30-20(16)24)8-14(25)29-3/h4-8,15H,22H2,1-3H3,(H,23,26)/b13-8-/t15-/m1/s1. The number of nitrogens with zero attached hydrogens (tertiary/aromatic N) is 2. The number of aromatic nitrogens is 1. The molecule has 3 N–H and O–H groups in total. The van der Waals surface area contributed by atoms with Gasteiger partial charge < -0.3 is 20.5 Å². The van der Waals surface area contributed by atoms with Gasteiger partial charge in [-0.15, -0.1) is 11.3 Å². The number of esters is 1. The van der Waals surface area contributed by atoms with Crippen LogP contribution in [0.5, 0.6) is 5.75 Å². The molecule has 30 heavy (non-hydrogen) atoms. The maximum atomic E-state index is 12.9.